The molecule has 0 aliphatic heterocycles. The van der Waals surface area contributed by atoms with Crippen LogP contribution in [0.4, 0.5) is 11.4 Å². The highest BCUT2D eigenvalue weighted by molar-refractivity contribution is 14.1. The lowest BCUT2D eigenvalue weighted by molar-refractivity contribution is -0.114. The lowest BCUT2D eigenvalue weighted by Gasteiger charge is -2.10. The molecular weight excluding hydrogens is 944 g/mol. The fourth-order valence-electron chi connectivity index (χ4n) is 3.39. The van der Waals surface area contributed by atoms with Gasteiger partial charge in [0, 0.05) is 18.1 Å². The fourth-order valence-corrected chi connectivity index (χ4v) is 3.39. The number of hydrogen-bond donors (Lipinski definition) is 1. The van der Waals surface area contributed by atoms with E-state index in [4.69, 9.17) is 4.99 Å². The number of rotatable bonds is 4. The Labute approximate surface area is 286 Å². The normalized spacial score (nSPS) is 12.7. The van der Waals surface area contributed by atoms with Gasteiger partial charge in [-0.15, -0.1) is 0 Å². The number of hydrogen-bond acceptors (Lipinski definition) is 6. The zero-order chi connectivity index (χ0) is 30.5. The largest absolute Gasteiger partial charge is 0.324 e. The average molecular weight is 974 g/mol. The van der Waals surface area contributed by atoms with Crippen molar-refractivity contribution in [3.8, 4) is 12.1 Å². The van der Waals surface area contributed by atoms with Crippen molar-refractivity contribution in [3.63, 3.8) is 0 Å². The van der Waals surface area contributed by atoms with Crippen LogP contribution in [0.5, 0.6) is 0 Å². The summed E-state index contributed by atoms with van der Waals surface area (Å²) in [6, 6.07) is 16.8. The molecule has 0 saturated carbocycles. The number of aliphatic imine (C=N–C) groups is 3. The number of anilines is 1. The number of nitrogens with zero attached hydrogens (tertiary/aromatic N) is 5. The smallest absolute Gasteiger partial charge is 0.221 e. The summed E-state index contributed by atoms with van der Waals surface area (Å²) in [5.41, 5.74) is 4.62. The topological polar surface area (TPSA) is 114 Å². The number of nitriles is 2. The van der Waals surface area contributed by atoms with Gasteiger partial charge in [-0.25, -0.2) is 4.99 Å². The van der Waals surface area contributed by atoms with Crippen LogP contribution in [0.2, 0.25) is 0 Å². The van der Waals surface area contributed by atoms with Crippen LogP contribution in [0.15, 0.2) is 68.8 Å². The predicted octanol–water partition coefficient (Wildman–Crippen LogP) is 8.82. The lowest BCUT2D eigenvalue weighted by Crippen LogP contribution is -2.07. The summed E-state index contributed by atoms with van der Waals surface area (Å²) in [6.07, 6.45) is 0. The second-order valence-corrected chi connectivity index (χ2v) is 6.69. The zero-order valence-corrected chi connectivity index (χ0v) is 31.2. The Morgan fingerprint density at radius 3 is 1.62 bits per heavy atom. The molecule has 0 radical (unpaired) electrons. The van der Waals surface area contributed by atoms with Crippen molar-refractivity contribution in [3.05, 3.63) is 70.5 Å². The van der Waals surface area contributed by atoms with Gasteiger partial charge in [0.25, 0.3) is 0 Å². The van der Waals surface area contributed by atoms with E-state index in [0.29, 0.717) is 39.4 Å². The van der Waals surface area contributed by atoms with Crippen LogP contribution in [-0.4, -0.2) is 44.8 Å². The van der Waals surface area contributed by atoms with Crippen molar-refractivity contribution in [1.29, 1.82) is 10.5 Å². The van der Waals surface area contributed by atoms with Crippen LogP contribution in [0.25, 0.3) is 11.1 Å². The Bertz CT molecular complexity index is 1250. The first-order valence-corrected chi connectivity index (χ1v) is 19.4. The van der Waals surface area contributed by atoms with E-state index >= 15 is 0 Å². The van der Waals surface area contributed by atoms with Crippen LogP contribution in [0, 0.1) is 29.6 Å². The highest BCUT2D eigenvalue weighted by Gasteiger charge is 2.33. The van der Waals surface area contributed by atoms with Gasteiger partial charge in [0.1, 0.15) is 23.5 Å². The van der Waals surface area contributed by atoms with E-state index in [-0.39, 0.29) is 17.3 Å². The predicted molar refractivity (Wildman–Crippen MR) is 203 cm³/mol. The summed E-state index contributed by atoms with van der Waals surface area (Å²) in [5.74, 6) is -0.246. The molecule has 11 heteroatoms. The van der Waals surface area contributed by atoms with Crippen molar-refractivity contribution in [2.24, 2.45) is 15.0 Å². The Kier molecular flexibility index (Phi) is 23.3. The molecule has 1 amide bonds. The maximum Gasteiger partial charge on any atom is 0.221 e. The van der Waals surface area contributed by atoms with E-state index in [9.17, 15) is 15.3 Å². The van der Waals surface area contributed by atoms with Crippen molar-refractivity contribution < 1.29 is 4.79 Å². The molecule has 3 rings (SSSR count). The first-order valence-electron chi connectivity index (χ1n) is 10.8. The molecule has 0 atom stereocenters. The molecule has 0 heterocycles. The van der Waals surface area contributed by atoms with Gasteiger partial charge in [-0.2, -0.15) is 10.5 Å². The number of aryl methyl sites for hydroxylation is 1. The van der Waals surface area contributed by atoms with E-state index in [2.05, 4.69) is 119 Å². The molecule has 0 saturated heterocycles. The molecule has 0 fully saturated rings. The number of halogens is 4. The summed E-state index contributed by atoms with van der Waals surface area (Å²) >= 11 is 8.60. The third-order valence-corrected chi connectivity index (χ3v) is 4.64. The second kappa shape index (κ2) is 23.0. The van der Waals surface area contributed by atoms with Crippen molar-refractivity contribution >= 4 is 138 Å². The van der Waals surface area contributed by atoms with Crippen LogP contribution in [-0.2, 0) is 4.79 Å². The minimum absolute atomic E-state index is 0.0655. The lowest BCUT2D eigenvalue weighted by atomic mass is 10.0. The number of nitrogens with one attached hydrogen (secondary N) is 1. The van der Waals surface area contributed by atoms with Crippen LogP contribution < -0.4 is 5.32 Å². The van der Waals surface area contributed by atoms with Gasteiger partial charge in [-0.1, -0.05) is 121 Å². The van der Waals surface area contributed by atoms with E-state index in [1.807, 2.05) is 69.1 Å². The summed E-state index contributed by atoms with van der Waals surface area (Å²) in [4.78, 5) is 32.1. The third-order valence-electron chi connectivity index (χ3n) is 4.64. The number of carbonyl (C=O) groups is 1. The molecule has 2 aromatic carbocycles. The molecule has 0 unspecified atom stereocenters. The molecule has 7 nitrogen and oxygen atoms in total. The summed E-state index contributed by atoms with van der Waals surface area (Å²) in [7, 11) is 0. The maximum atomic E-state index is 11.7. The van der Waals surface area contributed by atoms with Gasteiger partial charge in [-0.05, 0) is 68.9 Å². The van der Waals surface area contributed by atoms with Gasteiger partial charge in [-0.3, -0.25) is 14.8 Å². The zero-order valence-electron chi connectivity index (χ0n) is 22.6. The Morgan fingerprint density at radius 1 is 0.821 bits per heavy atom. The molecule has 0 aromatic heterocycles. The Balaban J connectivity index is 0. The number of allylic oxidation sites excluding steroid dienone is 4. The summed E-state index contributed by atoms with van der Waals surface area (Å²) in [5, 5.41) is 22.1. The maximum absolute atomic E-state index is 11.7. The number of alkyl halides is 4. The van der Waals surface area contributed by atoms with E-state index in [1.165, 1.54) is 6.92 Å². The minimum Gasteiger partial charge on any atom is -0.324 e. The SMILES string of the molecule is C=N/C(C#N)=C1/C(=Nc2ccc(C)cc2NC(C)=O)/C(=C(\C#N)N=C)c2ccccc21.CI.CI.CI.CI. The quantitative estimate of drug-likeness (QED) is 0.143. The number of carbonyl (C=O) groups excluding carboxylic acids is 1. The summed E-state index contributed by atoms with van der Waals surface area (Å²) < 4.78 is 0. The third kappa shape index (κ3) is 11.0. The molecule has 2 aromatic rings. The van der Waals surface area contributed by atoms with E-state index in [1.54, 1.807) is 12.1 Å². The number of benzene rings is 2. The average Bonchev–Trinajstić information content (AvgIpc) is 3.29. The van der Waals surface area contributed by atoms with Crippen LogP contribution in [0.1, 0.15) is 23.6 Å². The molecule has 206 valence electrons. The number of fused-ring (bicyclic) bond motifs is 1. The Hall–Kier alpha value is -1.70. The second-order valence-electron chi connectivity index (χ2n) is 6.69. The molecule has 0 bridgehead atoms. The molecular formula is C28H30I4N6O. The van der Waals surface area contributed by atoms with E-state index in [0.717, 1.165) is 5.56 Å². The standard InChI is InChI=1S/C24H18N6O.4CH3I/c1-14-9-10-18(19(11-14)29-15(2)31)30-24-22(20(12-25)27-3)16-7-5-6-8-17(16)23(24)21(13-26)28-4;4*1-2/h5-11H,3-4H2,1-2H3,(H,29,31);4*1H3/b22-20+,23-21+;;;;. The first-order chi connectivity index (χ1) is 18.9. The van der Waals surface area contributed by atoms with Gasteiger partial charge in [0.15, 0.2) is 0 Å². The van der Waals surface area contributed by atoms with Crippen molar-refractivity contribution in [2.45, 2.75) is 13.8 Å². The monoisotopic (exact) mass is 974 g/mol. The van der Waals surface area contributed by atoms with Gasteiger partial charge >= 0.3 is 0 Å². The van der Waals surface area contributed by atoms with Gasteiger partial charge in [0.2, 0.25) is 5.91 Å². The summed E-state index contributed by atoms with van der Waals surface area (Å²) in [6.45, 7) is 10.3. The molecule has 1 N–H and O–H groups in total. The van der Waals surface area contributed by atoms with Gasteiger partial charge < -0.3 is 5.32 Å². The molecule has 0 spiro atoms. The molecule has 1 aliphatic rings. The van der Waals surface area contributed by atoms with E-state index < -0.39 is 0 Å². The van der Waals surface area contributed by atoms with Crippen LogP contribution >= 0.6 is 90.4 Å². The highest BCUT2D eigenvalue weighted by Crippen LogP contribution is 2.43. The first kappa shape index (κ1) is 39.4. The van der Waals surface area contributed by atoms with Crippen molar-refractivity contribution in [2.75, 3.05) is 25.0 Å². The van der Waals surface area contributed by atoms with Crippen molar-refractivity contribution in [1.82, 2.24) is 0 Å². The van der Waals surface area contributed by atoms with Gasteiger partial charge in [0.05, 0.1) is 17.1 Å². The number of amides is 1. The molecule has 39 heavy (non-hydrogen) atoms. The fraction of sp³-hybridized carbons (Fsp3) is 0.214. The molecule has 1 aliphatic carbocycles. The Morgan fingerprint density at radius 2 is 1.26 bits per heavy atom. The van der Waals surface area contributed by atoms with Crippen LogP contribution in [0.3, 0.4) is 0 Å². The minimum atomic E-state index is -0.246. The highest BCUT2D eigenvalue weighted by atomic mass is 127.